The SMILES string of the molecule is Cc1cc(N2C(=S)C(c3ccc(C(=O)O)cc3)c3c(OCc4ccccc4)cccc32)ccc1F. The number of carboxylic acid groups (broad SMARTS) is 1. The number of aryl methyl sites for hydroxylation is 1. The number of aromatic carboxylic acids is 1. The van der Waals surface area contributed by atoms with Crippen molar-refractivity contribution in [3.8, 4) is 5.75 Å². The molecule has 0 bridgehead atoms. The zero-order chi connectivity index (χ0) is 24.5. The Morgan fingerprint density at radius 3 is 2.43 bits per heavy atom. The van der Waals surface area contributed by atoms with Crippen LogP contribution in [-0.2, 0) is 6.61 Å². The number of hydrogen-bond acceptors (Lipinski definition) is 3. The van der Waals surface area contributed by atoms with E-state index in [1.165, 1.54) is 6.07 Å². The summed E-state index contributed by atoms with van der Waals surface area (Å²) in [6.45, 7) is 2.12. The molecule has 1 unspecified atom stereocenters. The molecule has 0 radical (unpaired) electrons. The van der Waals surface area contributed by atoms with Gasteiger partial charge in [0, 0.05) is 11.3 Å². The van der Waals surface area contributed by atoms with Gasteiger partial charge in [-0.25, -0.2) is 9.18 Å². The van der Waals surface area contributed by atoms with Gasteiger partial charge in [0.2, 0.25) is 0 Å². The average Bonchev–Trinajstić information content (AvgIpc) is 3.17. The summed E-state index contributed by atoms with van der Waals surface area (Å²) in [6.07, 6.45) is 0. The van der Waals surface area contributed by atoms with Crippen LogP contribution in [0.4, 0.5) is 15.8 Å². The Hall–Kier alpha value is -4.03. The highest BCUT2D eigenvalue weighted by Crippen LogP contribution is 2.50. The van der Waals surface area contributed by atoms with Gasteiger partial charge in [-0.05, 0) is 66.1 Å². The third kappa shape index (κ3) is 4.29. The van der Waals surface area contributed by atoms with Crippen LogP contribution in [0.1, 0.15) is 38.5 Å². The van der Waals surface area contributed by atoms with Crippen LogP contribution in [0, 0.1) is 12.7 Å². The number of carbonyl (C=O) groups is 1. The summed E-state index contributed by atoms with van der Waals surface area (Å²) in [7, 11) is 0. The molecule has 0 spiro atoms. The summed E-state index contributed by atoms with van der Waals surface area (Å²) in [5, 5.41) is 9.33. The molecule has 5 rings (SSSR count). The van der Waals surface area contributed by atoms with Gasteiger partial charge in [-0.3, -0.25) is 0 Å². The molecular formula is C29H22FNO3S. The molecule has 0 aliphatic carbocycles. The molecule has 4 aromatic rings. The number of thiocarbonyl (C=S) groups is 1. The predicted octanol–water partition coefficient (Wildman–Crippen LogP) is 7.02. The molecule has 0 saturated carbocycles. The lowest BCUT2D eigenvalue weighted by molar-refractivity contribution is 0.0697. The van der Waals surface area contributed by atoms with E-state index in [1.807, 2.05) is 53.4 Å². The molecule has 1 aliphatic rings. The normalized spacial score (nSPS) is 14.6. The fourth-order valence-corrected chi connectivity index (χ4v) is 4.87. The number of ether oxygens (including phenoxy) is 1. The quantitative estimate of drug-likeness (QED) is 0.299. The minimum atomic E-state index is -0.985. The first-order valence-corrected chi connectivity index (χ1v) is 11.6. The second-order valence-corrected chi connectivity index (χ2v) is 8.85. The maximum atomic E-state index is 14.0. The van der Waals surface area contributed by atoms with E-state index in [-0.39, 0.29) is 17.3 Å². The molecule has 0 amide bonds. The number of hydrogen-bond donors (Lipinski definition) is 1. The summed E-state index contributed by atoms with van der Waals surface area (Å²) in [5.41, 5.74) is 5.16. The number of halogens is 1. The molecule has 4 nitrogen and oxygen atoms in total. The van der Waals surface area contributed by atoms with E-state index >= 15 is 0 Å². The highest BCUT2D eigenvalue weighted by Gasteiger charge is 2.38. The Morgan fingerprint density at radius 2 is 1.74 bits per heavy atom. The minimum absolute atomic E-state index is 0.206. The van der Waals surface area contributed by atoms with Gasteiger partial charge in [0.05, 0.1) is 22.2 Å². The Labute approximate surface area is 208 Å². The van der Waals surface area contributed by atoms with Crippen molar-refractivity contribution in [1.29, 1.82) is 0 Å². The molecule has 1 N–H and O–H groups in total. The maximum absolute atomic E-state index is 14.0. The van der Waals surface area contributed by atoms with E-state index in [4.69, 9.17) is 17.0 Å². The number of benzene rings is 4. The lowest BCUT2D eigenvalue weighted by Crippen LogP contribution is -2.22. The van der Waals surface area contributed by atoms with Crippen molar-refractivity contribution in [2.24, 2.45) is 0 Å². The lowest BCUT2D eigenvalue weighted by atomic mass is 9.91. The number of anilines is 2. The van der Waals surface area contributed by atoms with Gasteiger partial charge < -0.3 is 14.7 Å². The number of fused-ring (bicyclic) bond motifs is 1. The van der Waals surface area contributed by atoms with Gasteiger partial charge in [-0.15, -0.1) is 0 Å². The molecule has 174 valence electrons. The topological polar surface area (TPSA) is 49.8 Å². The third-order valence-electron chi connectivity index (χ3n) is 6.17. The van der Waals surface area contributed by atoms with E-state index in [1.54, 1.807) is 43.3 Å². The smallest absolute Gasteiger partial charge is 0.335 e. The molecule has 4 aromatic carbocycles. The minimum Gasteiger partial charge on any atom is -0.489 e. The van der Waals surface area contributed by atoms with E-state index in [9.17, 15) is 14.3 Å². The zero-order valence-corrected chi connectivity index (χ0v) is 19.8. The molecule has 0 aromatic heterocycles. The van der Waals surface area contributed by atoms with E-state index < -0.39 is 5.97 Å². The molecule has 6 heteroatoms. The molecule has 1 aliphatic heterocycles. The van der Waals surface area contributed by atoms with Crippen LogP contribution >= 0.6 is 12.2 Å². The second-order valence-electron chi connectivity index (χ2n) is 8.43. The first-order valence-electron chi connectivity index (χ1n) is 11.2. The Bertz CT molecular complexity index is 1420. The van der Waals surface area contributed by atoms with Crippen molar-refractivity contribution in [2.75, 3.05) is 4.90 Å². The van der Waals surface area contributed by atoms with Gasteiger partial charge in [-0.1, -0.05) is 60.7 Å². The average molecular weight is 484 g/mol. The molecule has 0 fully saturated rings. The summed E-state index contributed by atoms with van der Waals surface area (Å²) in [6, 6.07) is 27.4. The van der Waals surface area contributed by atoms with Gasteiger partial charge in [0.15, 0.2) is 0 Å². The highest BCUT2D eigenvalue weighted by molar-refractivity contribution is 7.80. The number of carboxylic acids is 1. The molecule has 1 atom stereocenters. The summed E-state index contributed by atoms with van der Waals surface area (Å²) in [5.74, 6) is -0.899. The van der Waals surface area contributed by atoms with Crippen molar-refractivity contribution in [1.82, 2.24) is 0 Å². The van der Waals surface area contributed by atoms with Crippen LogP contribution < -0.4 is 9.64 Å². The maximum Gasteiger partial charge on any atom is 0.335 e. The first-order chi connectivity index (χ1) is 16.9. The third-order valence-corrected chi connectivity index (χ3v) is 6.59. The van der Waals surface area contributed by atoms with E-state index in [0.717, 1.165) is 28.1 Å². The fraction of sp³-hybridized carbons (Fsp3) is 0.103. The van der Waals surface area contributed by atoms with Crippen LogP contribution in [0.25, 0.3) is 0 Å². The number of rotatable bonds is 6. The van der Waals surface area contributed by atoms with Crippen molar-refractivity contribution < 1.29 is 19.0 Å². The zero-order valence-electron chi connectivity index (χ0n) is 18.9. The Morgan fingerprint density at radius 1 is 1.00 bits per heavy atom. The second kappa shape index (κ2) is 9.31. The van der Waals surface area contributed by atoms with Crippen molar-refractivity contribution >= 4 is 34.6 Å². The Balaban J connectivity index is 1.62. The largest absolute Gasteiger partial charge is 0.489 e. The van der Waals surface area contributed by atoms with Gasteiger partial charge in [0.1, 0.15) is 18.2 Å². The highest BCUT2D eigenvalue weighted by atomic mass is 32.1. The Kier molecular flexibility index (Phi) is 6.05. The summed E-state index contributed by atoms with van der Waals surface area (Å²) < 4.78 is 20.3. The van der Waals surface area contributed by atoms with Gasteiger partial charge in [0.25, 0.3) is 0 Å². The number of nitrogens with zero attached hydrogens (tertiary/aromatic N) is 1. The monoisotopic (exact) mass is 483 g/mol. The lowest BCUT2D eigenvalue weighted by Gasteiger charge is -2.21. The summed E-state index contributed by atoms with van der Waals surface area (Å²) in [4.78, 5) is 13.9. The van der Waals surface area contributed by atoms with Crippen molar-refractivity contribution in [3.05, 3.63) is 125 Å². The molecular weight excluding hydrogens is 461 g/mol. The standard InChI is InChI=1S/C29H22FNO3S/c1-18-16-22(14-15-23(18)30)31-24-8-5-9-25(34-17-19-6-3-2-4-7-19)27(24)26(28(31)35)20-10-12-21(13-11-20)29(32)33/h2-16,26H,17H2,1H3,(H,32,33). The van der Waals surface area contributed by atoms with Crippen molar-refractivity contribution in [3.63, 3.8) is 0 Å². The van der Waals surface area contributed by atoms with Gasteiger partial charge >= 0.3 is 5.97 Å². The van der Waals surface area contributed by atoms with Crippen molar-refractivity contribution in [2.45, 2.75) is 19.4 Å². The predicted molar refractivity (Wildman–Crippen MR) is 138 cm³/mol. The summed E-state index contributed by atoms with van der Waals surface area (Å²) >= 11 is 5.99. The van der Waals surface area contributed by atoms with E-state index in [2.05, 4.69) is 0 Å². The first kappa shape index (κ1) is 22.7. The van der Waals surface area contributed by atoms with Crippen LogP contribution in [0.15, 0.2) is 91.0 Å². The van der Waals surface area contributed by atoms with Crippen LogP contribution in [0.3, 0.4) is 0 Å². The van der Waals surface area contributed by atoms with Crippen LogP contribution in [0.2, 0.25) is 0 Å². The van der Waals surface area contributed by atoms with Crippen LogP contribution in [-0.4, -0.2) is 16.1 Å². The van der Waals surface area contributed by atoms with Gasteiger partial charge in [-0.2, -0.15) is 0 Å². The molecule has 0 saturated heterocycles. The molecule has 35 heavy (non-hydrogen) atoms. The van der Waals surface area contributed by atoms with E-state index in [0.29, 0.717) is 22.9 Å². The molecule has 1 heterocycles. The fourth-order valence-electron chi connectivity index (χ4n) is 4.41. The van der Waals surface area contributed by atoms with Crippen LogP contribution in [0.5, 0.6) is 5.75 Å².